The zero-order valence-electron chi connectivity index (χ0n) is 10.7. The summed E-state index contributed by atoms with van der Waals surface area (Å²) in [7, 11) is 0. The predicted molar refractivity (Wildman–Crippen MR) is 77.5 cm³/mol. The highest BCUT2D eigenvalue weighted by Crippen LogP contribution is 2.13. The van der Waals surface area contributed by atoms with Gasteiger partial charge in [-0.15, -0.1) is 0 Å². The summed E-state index contributed by atoms with van der Waals surface area (Å²) in [5.41, 5.74) is 1.49. The van der Waals surface area contributed by atoms with Crippen molar-refractivity contribution in [2.24, 2.45) is 4.99 Å². The molecule has 1 unspecified atom stereocenters. The van der Waals surface area contributed by atoms with E-state index in [2.05, 4.69) is 11.6 Å². The van der Waals surface area contributed by atoms with Gasteiger partial charge in [-0.05, 0) is 24.0 Å². The molecule has 1 aliphatic heterocycles. The molecule has 0 amide bonds. The highest BCUT2D eigenvalue weighted by atomic mass is 32.2. The van der Waals surface area contributed by atoms with Crippen LogP contribution in [0.4, 0.5) is 0 Å². The number of carbonyl (C=O) groups excluding carboxylic acids is 1. The molecule has 1 aromatic carbocycles. The lowest BCUT2D eigenvalue weighted by Gasteiger charge is -2.07. The Kier molecular flexibility index (Phi) is 4.63. The third kappa shape index (κ3) is 3.61. The molecule has 1 aliphatic rings. The SMILES string of the molecule is C=Cc1ccc(C(=O)OCC2COC(SC)=N2)cc1. The van der Waals surface area contributed by atoms with Gasteiger partial charge in [0.05, 0.1) is 5.56 Å². The highest BCUT2D eigenvalue weighted by molar-refractivity contribution is 8.12. The van der Waals surface area contributed by atoms with Gasteiger partial charge in [0.25, 0.3) is 0 Å². The predicted octanol–water partition coefficient (Wildman–Crippen LogP) is 2.60. The summed E-state index contributed by atoms with van der Waals surface area (Å²) >= 11 is 1.45. The molecule has 19 heavy (non-hydrogen) atoms. The molecule has 0 aromatic heterocycles. The Labute approximate surface area is 116 Å². The minimum absolute atomic E-state index is 0.0983. The van der Waals surface area contributed by atoms with Crippen LogP contribution < -0.4 is 0 Å². The van der Waals surface area contributed by atoms with E-state index >= 15 is 0 Å². The van der Waals surface area contributed by atoms with E-state index in [1.807, 2.05) is 18.4 Å². The molecule has 1 aromatic rings. The van der Waals surface area contributed by atoms with Gasteiger partial charge in [0.15, 0.2) is 0 Å². The largest absolute Gasteiger partial charge is 0.471 e. The number of nitrogens with zero attached hydrogens (tertiary/aromatic N) is 1. The summed E-state index contributed by atoms with van der Waals surface area (Å²) in [6, 6.07) is 7.00. The average Bonchev–Trinajstić information content (AvgIpc) is 2.93. The number of thioether (sulfide) groups is 1. The molecule has 0 saturated heterocycles. The van der Waals surface area contributed by atoms with Crippen LogP contribution in [0.15, 0.2) is 35.8 Å². The lowest BCUT2D eigenvalue weighted by Crippen LogP contribution is -2.18. The number of hydrogen-bond donors (Lipinski definition) is 0. The van der Waals surface area contributed by atoms with Gasteiger partial charge in [0.2, 0.25) is 5.23 Å². The number of esters is 1. The fourth-order valence-corrected chi connectivity index (χ4v) is 2.04. The molecule has 0 N–H and O–H groups in total. The number of hydrogen-bond acceptors (Lipinski definition) is 5. The first-order valence-electron chi connectivity index (χ1n) is 5.87. The molecule has 0 saturated carbocycles. The number of aliphatic imine (C=N–C) groups is 1. The monoisotopic (exact) mass is 277 g/mol. The van der Waals surface area contributed by atoms with Crippen LogP contribution in [0.2, 0.25) is 0 Å². The summed E-state index contributed by atoms with van der Waals surface area (Å²) in [6.45, 7) is 4.38. The maximum atomic E-state index is 11.8. The molecule has 0 bridgehead atoms. The summed E-state index contributed by atoms with van der Waals surface area (Å²) in [5, 5.41) is 0.649. The fraction of sp³-hybridized carbons (Fsp3) is 0.286. The summed E-state index contributed by atoms with van der Waals surface area (Å²) in [5.74, 6) is -0.344. The van der Waals surface area contributed by atoms with E-state index in [-0.39, 0.29) is 18.6 Å². The molecule has 100 valence electrons. The minimum Gasteiger partial charge on any atom is -0.471 e. The third-order valence-electron chi connectivity index (χ3n) is 2.65. The van der Waals surface area contributed by atoms with Gasteiger partial charge in [-0.3, -0.25) is 0 Å². The number of ether oxygens (including phenoxy) is 2. The van der Waals surface area contributed by atoms with Crippen LogP contribution in [0.3, 0.4) is 0 Å². The van der Waals surface area contributed by atoms with Crippen molar-refractivity contribution in [1.82, 2.24) is 0 Å². The first-order valence-corrected chi connectivity index (χ1v) is 7.09. The van der Waals surface area contributed by atoms with E-state index < -0.39 is 0 Å². The summed E-state index contributed by atoms with van der Waals surface area (Å²) in [4.78, 5) is 16.1. The number of carbonyl (C=O) groups is 1. The van der Waals surface area contributed by atoms with Crippen molar-refractivity contribution < 1.29 is 14.3 Å². The molecule has 2 rings (SSSR count). The van der Waals surface area contributed by atoms with Crippen LogP contribution in [0.5, 0.6) is 0 Å². The van der Waals surface area contributed by atoms with Crippen LogP contribution in [0, 0.1) is 0 Å². The molecular weight excluding hydrogens is 262 g/mol. The number of rotatable bonds is 4. The minimum atomic E-state index is -0.344. The Bertz CT molecular complexity index is 496. The van der Waals surface area contributed by atoms with Crippen molar-refractivity contribution in [1.29, 1.82) is 0 Å². The first-order chi connectivity index (χ1) is 9.22. The molecule has 5 heteroatoms. The van der Waals surface area contributed by atoms with Crippen LogP contribution in [-0.4, -0.2) is 36.7 Å². The van der Waals surface area contributed by atoms with Crippen LogP contribution in [0.1, 0.15) is 15.9 Å². The summed E-state index contributed by atoms with van der Waals surface area (Å²) < 4.78 is 10.5. The van der Waals surface area contributed by atoms with E-state index in [0.717, 1.165) is 5.56 Å². The van der Waals surface area contributed by atoms with Crippen molar-refractivity contribution in [3.05, 3.63) is 42.0 Å². The van der Waals surface area contributed by atoms with Crippen molar-refractivity contribution in [2.45, 2.75) is 6.04 Å². The Morgan fingerprint density at radius 3 is 2.89 bits per heavy atom. The van der Waals surface area contributed by atoms with Crippen molar-refractivity contribution in [3.63, 3.8) is 0 Å². The molecule has 1 atom stereocenters. The van der Waals surface area contributed by atoms with E-state index in [9.17, 15) is 4.79 Å². The van der Waals surface area contributed by atoms with Crippen LogP contribution in [0.25, 0.3) is 6.08 Å². The molecule has 0 radical (unpaired) electrons. The quantitative estimate of drug-likeness (QED) is 0.794. The normalized spacial score (nSPS) is 17.5. The molecule has 0 aliphatic carbocycles. The van der Waals surface area contributed by atoms with Gasteiger partial charge in [0.1, 0.15) is 19.3 Å². The van der Waals surface area contributed by atoms with E-state index in [1.165, 1.54) is 11.8 Å². The van der Waals surface area contributed by atoms with Crippen LogP contribution >= 0.6 is 11.8 Å². The Morgan fingerprint density at radius 1 is 1.58 bits per heavy atom. The highest BCUT2D eigenvalue weighted by Gasteiger charge is 2.20. The molecular formula is C14H15NO3S. The average molecular weight is 277 g/mol. The number of benzene rings is 1. The van der Waals surface area contributed by atoms with Gasteiger partial charge < -0.3 is 9.47 Å². The maximum Gasteiger partial charge on any atom is 0.338 e. The zero-order chi connectivity index (χ0) is 13.7. The van der Waals surface area contributed by atoms with Gasteiger partial charge in [-0.25, -0.2) is 9.79 Å². The second-order valence-electron chi connectivity index (χ2n) is 3.99. The lowest BCUT2D eigenvalue weighted by molar-refractivity contribution is 0.0472. The van der Waals surface area contributed by atoms with Crippen molar-refractivity contribution in [3.8, 4) is 0 Å². The van der Waals surface area contributed by atoms with Crippen molar-refractivity contribution in [2.75, 3.05) is 19.5 Å². The molecule has 1 heterocycles. The van der Waals surface area contributed by atoms with Gasteiger partial charge in [-0.1, -0.05) is 36.5 Å². The Morgan fingerprint density at radius 2 is 2.32 bits per heavy atom. The van der Waals surface area contributed by atoms with Gasteiger partial charge in [0, 0.05) is 0 Å². The van der Waals surface area contributed by atoms with Crippen LogP contribution in [-0.2, 0) is 9.47 Å². The lowest BCUT2D eigenvalue weighted by atomic mass is 10.1. The Hall–Kier alpha value is -1.75. The zero-order valence-corrected chi connectivity index (χ0v) is 11.5. The van der Waals surface area contributed by atoms with Gasteiger partial charge >= 0.3 is 5.97 Å². The Balaban J connectivity index is 1.87. The fourth-order valence-electron chi connectivity index (χ4n) is 1.60. The smallest absolute Gasteiger partial charge is 0.338 e. The van der Waals surface area contributed by atoms with E-state index in [0.29, 0.717) is 17.4 Å². The van der Waals surface area contributed by atoms with E-state index in [1.54, 1.807) is 18.2 Å². The molecule has 0 fully saturated rings. The third-order valence-corrected chi connectivity index (χ3v) is 3.22. The topological polar surface area (TPSA) is 47.9 Å². The molecule has 4 nitrogen and oxygen atoms in total. The standard InChI is InChI=1S/C14H15NO3S/c1-3-10-4-6-11(7-5-10)13(16)17-8-12-9-18-14(15-12)19-2/h3-7,12H,1,8-9H2,2H3. The second kappa shape index (κ2) is 6.43. The maximum absolute atomic E-state index is 11.8. The first kappa shape index (κ1) is 13.7. The molecule has 0 spiro atoms. The van der Waals surface area contributed by atoms with E-state index in [4.69, 9.17) is 9.47 Å². The second-order valence-corrected chi connectivity index (χ2v) is 4.75. The van der Waals surface area contributed by atoms with Crippen molar-refractivity contribution >= 4 is 29.0 Å². The summed E-state index contributed by atoms with van der Waals surface area (Å²) in [6.07, 6.45) is 3.62. The van der Waals surface area contributed by atoms with Gasteiger partial charge in [-0.2, -0.15) is 0 Å².